The van der Waals surface area contributed by atoms with Gasteiger partial charge in [0.05, 0.1) is 6.61 Å². The number of carbonyl (C=O) groups is 2. The van der Waals surface area contributed by atoms with Crippen LogP contribution in [0, 0.1) is 5.92 Å². The molecule has 0 N–H and O–H groups in total. The monoisotopic (exact) mass is 244 g/mol. The van der Waals surface area contributed by atoms with E-state index < -0.39 is 11.9 Å². The number of hydrogen-bond acceptors (Lipinski definition) is 4. The molecule has 0 bridgehead atoms. The van der Waals surface area contributed by atoms with Crippen molar-refractivity contribution in [3.63, 3.8) is 0 Å². The van der Waals surface area contributed by atoms with Gasteiger partial charge in [0.1, 0.15) is 18.3 Å². The Morgan fingerprint density at radius 2 is 1.76 bits per heavy atom. The van der Waals surface area contributed by atoms with Crippen LogP contribution >= 0.6 is 0 Å². The largest absolute Gasteiger partial charge is 0.463 e. The highest BCUT2D eigenvalue weighted by Gasteiger charge is 2.18. The van der Waals surface area contributed by atoms with Gasteiger partial charge in [0.25, 0.3) is 0 Å². The van der Waals surface area contributed by atoms with E-state index >= 15 is 0 Å². The predicted octanol–water partition coefficient (Wildman–Crippen LogP) is 2.35. The van der Waals surface area contributed by atoms with Crippen molar-refractivity contribution in [2.45, 2.75) is 46.5 Å². The quantitative estimate of drug-likeness (QED) is 0.336. The second-order valence-electron chi connectivity index (χ2n) is 4.17. The number of carbonyl (C=O) groups excluding carboxylic acids is 2. The molecule has 0 aromatic carbocycles. The van der Waals surface area contributed by atoms with Gasteiger partial charge in [-0.15, -0.1) is 0 Å². The third kappa shape index (κ3) is 8.86. The summed E-state index contributed by atoms with van der Waals surface area (Å²) in [5.41, 5.74) is 0. The Labute approximate surface area is 104 Å². The minimum Gasteiger partial charge on any atom is -0.463 e. The Bertz CT molecular complexity index is 225. The summed E-state index contributed by atoms with van der Waals surface area (Å²) >= 11 is 0. The van der Waals surface area contributed by atoms with E-state index in [4.69, 9.17) is 9.47 Å². The summed E-state index contributed by atoms with van der Waals surface area (Å²) in [4.78, 5) is 22.1. The van der Waals surface area contributed by atoms with Crippen molar-refractivity contribution in [3.05, 3.63) is 0 Å². The van der Waals surface area contributed by atoms with Crippen molar-refractivity contribution in [1.29, 1.82) is 0 Å². The van der Waals surface area contributed by atoms with E-state index in [9.17, 15) is 9.59 Å². The van der Waals surface area contributed by atoms with Gasteiger partial charge < -0.3 is 9.47 Å². The molecule has 0 aromatic heterocycles. The van der Waals surface area contributed by atoms with Crippen molar-refractivity contribution in [3.8, 4) is 0 Å². The summed E-state index contributed by atoms with van der Waals surface area (Å²) in [6.07, 6.45) is 4.66. The summed E-state index contributed by atoms with van der Waals surface area (Å²) in [6, 6.07) is 0. The number of Topliss-reactive ketones (excluding diaryl/α,β-unsaturated/α-hetero) is 1. The van der Waals surface area contributed by atoms with E-state index in [1.54, 1.807) is 6.92 Å². The van der Waals surface area contributed by atoms with E-state index in [2.05, 4.69) is 6.92 Å². The lowest BCUT2D eigenvalue weighted by Crippen LogP contribution is -2.22. The van der Waals surface area contributed by atoms with Gasteiger partial charge in [0, 0.05) is 6.61 Å². The van der Waals surface area contributed by atoms with Crippen LogP contribution in [0.25, 0.3) is 0 Å². The van der Waals surface area contributed by atoms with Crippen molar-refractivity contribution in [2.24, 2.45) is 5.92 Å². The zero-order chi connectivity index (χ0) is 13.1. The fraction of sp³-hybridized carbons (Fsp3) is 0.846. The standard InChI is InChI=1S/C13H24O4/c1-4-5-6-7-8-16-9-10-17-13(15)11(2)12(3)14/h11H,4-10H2,1-3H3. The van der Waals surface area contributed by atoms with Crippen LogP contribution in [0.15, 0.2) is 0 Å². The highest BCUT2D eigenvalue weighted by molar-refractivity contribution is 5.97. The Morgan fingerprint density at radius 1 is 1.06 bits per heavy atom. The van der Waals surface area contributed by atoms with Crippen LogP contribution in [0.4, 0.5) is 0 Å². The molecule has 0 spiro atoms. The molecule has 1 atom stereocenters. The zero-order valence-corrected chi connectivity index (χ0v) is 11.2. The minimum atomic E-state index is -0.667. The smallest absolute Gasteiger partial charge is 0.316 e. The SMILES string of the molecule is CCCCCCOCCOC(=O)C(C)C(C)=O. The first kappa shape index (κ1) is 16.1. The molecular weight excluding hydrogens is 220 g/mol. The molecule has 0 fully saturated rings. The van der Waals surface area contributed by atoms with E-state index in [1.165, 1.54) is 26.2 Å². The van der Waals surface area contributed by atoms with Crippen LogP contribution in [0.5, 0.6) is 0 Å². The van der Waals surface area contributed by atoms with Crippen LogP contribution in [0.2, 0.25) is 0 Å². The maximum Gasteiger partial charge on any atom is 0.316 e. The lowest BCUT2D eigenvalue weighted by atomic mass is 10.1. The molecule has 0 aliphatic heterocycles. The first-order valence-corrected chi connectivity index (χ1v) is 6.34. The third-order valence-electron chi connectivity index (χ3n) is 2.58. The molecule has 4 heteroatoms. The second-order valence-corrected chi connectivity index (χ2v) is 4.17. The zero-order valence-electron chi connectivity index (χ0n) is 11.2. The number of rotatable bonds is 10. The molecule has 100 valence electrons. The first-order valence-electron chi connectivity index (χ1n) is 6.34. The van der Waals surface area contributed by atoms with E-state index in [-0.39, 0.29) is 12.4 Å². The molecule has 4 nitrogen and oxygen atoms in total. The van der Waals surface area contributed by atoms with Gasteiger partial charge in [-0.1, -0.05) is 26.2 Å². The topological polar surface area (TPSA) is 52.6 Å². The van der Waals surface area contributed by atoms with Crippen molar-refractivity contribution in [1.82, 2.24) is 0 Å². The number of unbranched alkanes of at least 4 members (excludes halogenated alkanes) is 3. The highest BCUT2D eigenvalue weighted by atomic mass is 16.6. The number of ketones is 1. The maximum atomic E-state index is 11.3. The highest BCUT2D eigenvalue weighted by Crippen LogP contribution is 2.01. The Morgan fingerprint density at radius 3 is 2.35 bits per heavy atom. The van der Waals surface area contributed by atoms with E-state index in [0.717, 1.165) is 6.42 Å². The van der Waals surface area contributed by atoms with Crippen LogP contribution in [0.3, 0.4) is 0 Å². The summed E-state index contributed by atoms with van der Waals surface area (Å²) < 4.78 is 10.2. The molecule has 17 heavy (non-hydrogen) atoms. The van der Waals surface area contributed by atoms with Crippen LogP contribution in [-0.4, -0.2) is 31.6 Å². The van der Waals surface area contributed by atoms with Crippen molar-refractivity contribution >= 4 is 11.8 Å². The summed E-state index contributed by atoms with van der Waals surface area (Å²) in [5, 5.41) is 0. The van der Waals surface area contributed by atoms with Gasteiger partial charge >= 0.3 is 5.97 Å². The van der Waals surface area contributed by atoms with Crippen LogP contribution in [0.1, 0.15) is 46.5 Å². The maximum absolute atomic E-state index is 11.3. The fourth-order valence-corrected chi connectivity index (χ4v) is 1.23. The molecule has 0 aliphatic rings. The van der Waals surface area contributed by atoms with Gasteiger partial charge in [-0.05, 0) is 20.3 Å². The first-order chi connectivity index (χ1) is 8.09. The second kappa shape index (κ2) is 10.3. The van der Waals surface area contributed by atoms with Crippen LogP contribution < -0.4 is 0 Å². The lowest BCUT2D eigenvalue weighted by Gasteiger charge is -2.08. The molecule has 0 heterocycles. The van der Waals surface area contributed by atoms with Gasteiger partial charge in [-0.3, -0.25) is 9.59 Å². The molecule has 0 saturated heterocycles. The van der Waals surface area contributed by atoms with Gasteiger partial charge in [0.2, 0.25) is 0 Å². The Kier molecular flexibility index (Phi) is 9.72. The van der Waals surface area contributed by atoms with Crippen LogP contribution in [-0.2, 0) is 19.1 Å². The Hall–Kier alpha value is -0.900. The van der Waals surface area contributed by atoms with Gasteiger partial charge in [-0.25, -0.2) is 0 Å². The molecule has 0 aromatic rings. The summed E-state index contributed by atoms with van der Waals surface area (Å²) in [6.45, 7) is 6.44. The van der Waals surface area contributed by atoms with E-state index in [1.807, 2.05) is 0 Å². The molecular formula is C13H24O4. The predicted molar refractivity (Wildman–Crippen MR) is 65.8 cm³/mol. The molecule has 0 radical (unpaired) electrons. The lowest BCUT2D eigenvalue weighted by molar-refractivity contribution is -0.152. The molecule has 0 aliphatic carbocycles. The third-order valence-corrected chi connectivity index (χ3v) is 2.58. The Balaban J connectivity index is 3.34. The molecule has 0 rings (SSSR count). The number of hydrogen-bond donors (Lipinski definition) is 0. The van der Waals surface area contributed by atoms with Crippen molar-refractivity contribution < 1.29 is 19.1 Å². The normalized spacial score (nSPS) is 12.2. The number of esters is 1. The molecule has 0 amide bonds. The van der Waals surface area contributed by atoms with Crippen molar-refractivity contribution in [2.75, 3.05) is 19.8 Å². The van der Waals surface area contributed by atoms with Gasteiger partial charge in [-0.2, -0.15) is 0 Å². The average molecular weight is 244 g/mol. The van der Waals surface area contributed by atoms with E-state index in [0.29, 0.717) is 13.2 Å². The minimum absolute atomic E-state index is 0.171. The molecule has 0 saturated carbocycles. The van der Waals surface area contributed by atoms with Gasteiger partial charge in [0.15, 0.2) is 0 Å². The summed E-state index contributed by atoms with van der Waals surface area (Å²) in [7, 11) is 0. The average Bonchev–Trinajstić information content (AvgIpc) is 2.31. The molecule has 1 unspecified atom stereocenters. The number of ether oxygens (including phenoxy) is 2. The fourth-order valence-electron chi connectivity index (χ4n) is 1.23. The summed E-state index contributed by atoms with van der Waals surface area (Å²) in [5.74, 6) is -1.30.